The van der Waals surface area contributed by atoms with Gasteiger partial charge in [-0.15, -0.1) is 10.2 Å². The van der Waals surface area contributed by atoms with Crippen LogP contribution in [0, 0.1) is 6.92 Å². The number of amides is 1. The highest BCUT2D eigenvalue weighted by Gasteiger charge is 2.22. The molecule has 0 N–H and O–H groups in total. The molecule has 150 valence electrons. The predicted octanol–water partition coefficient (Wildman–Crippen LogP) is 3.98. The van der Waals surface area contributed by atoms with E-state index in [1.54, 1.807) is 0 Å². The monoisotopic (exact) mass is 410 g/mol. The summed E-state index contributed by atoms with van der Waals surface area (Å²) in [6.07, 6.45) is 0.810. The van der Waals surface area contributed by atoms with Crippen LogP contribution in [0.4, 0.5) is 5.69 Å². The minimum atomic E-state index is 0.110. The fourth-order valence-electron chi connectivity index (χ4n) is 3.44. The Bertz CT molecular complexity index is 978. The first kappa shape index (κ1) is 19.5. The van der Waals surface area contributed by atoms with Crippen molar-refractivity contribution in [2.75, 3.05) is 31.1 Å². The standard InChI is InChI=1S/C22H23ClN4O2/c1-16-6-8-17(9-7-16)22-25-24-20(29-22)10-11-21(28)27-14-12-26(13-15-27)19-5-3-2-4-18(19)23/h2-9H,10-15H2,1H3. The molecule has 0 bridgehead atoms. The Morgan fingerprint density at radius 3 is 2.48 bits per heavy atom. The van der Waals surface area contributed by atoms with Crippen molar-refractivity contribution >= 4 is 23.2 Å². The lowest BCUT2D eigenvalue weighted by atomic mass is 10.1. The largest absolute Gasteiger partial charge is 0.421 e. The van der Waals surface area contributed by atoms with Crippen LogP contribution in [0.15, 0.2) is 52.9 Å². The summed E-state index contributed by atoms with van der Waals surface area (Å²) < 4.78 is 5.72. The molecule has 3 aromatic rings. The number of aromatic nitrogens is 2. The molecule has 29 heavy (non-hydrogen) atoms. The third-order valence-electron chi connectivity index (χ3n) is 5.14. The number of aryl methyl sites for hydroxylation is 2. The zero-order chi connectivity index (χ0) is 20.2. The van der Waals surface area contributed by atoms with E-state index in [1.807, 2.05) is 60.4 Å². The average molecular weight is 411 g/mol. The predicted molar refractivity (Wildman–Crippen MR) is 113 cm³/mol. The van der Waals surface area contributed by atoms with Crippen LogP contribution in [0.3, 0.4) is 0 Å². The number of rotatable bonds is 5. The Labute approximate surface area is 175 Å². The zero-order valence-electron chi connectivity index (χ0n) is 16.3. The fraction of sp³-hybridized carbons (Fsp3) is 0.318. The van der Waals surface area contributed by atoms with Crippen molar-refractivity contribution in [3.05, 3.63) is 65.0 Å². The molecule has 1 aliphatic rings. The molecule has 2 aromatic carbocycles. The summed E-state index contributed by atoms with van der Waals surface area (Å²) in [5.41, 5.74) is 3.08. The summed E-state index contributed by atoms with van der Waals surface area (Å²) in [7, 11) is 0. The SMILES string of the molecule is Cc1ccc(-c2nnc(CCC(=O)N3CCN(c4ccccc4Cl)CC3)o2)cc1. The van der Waals surface area contributed by atoms with E-state index in [9.17, 15) is 4.79 Å². The van der Waals surface area contributed by atoms with Crippen molar-refractivity contribution in [1.29, 1.82) is 0 Å². The van der Waals surface area contributed by atoms with E-state index in [0.29, 0.717) is 37.7 Å². The highest BCUT2D eigenvalue weighted by molar-refractivity contribution is 6.33. The molecule has 0 unspecified atom stereocenters. The summed E-state index contributed by atoms with van der Waals surface area (Å²) in [6.45, 7) is 4.94. The van der Waals surface area contributed by atoms with Crippen molar-refractivity contribution in [3.8, 4) is 11.5 Å². The summed E-state index contributed by atoms with van der Waals surface area (Å²) in [6, 6.07) is 15.7. The molecule has 0 radical (unpaired) electrons. The summed E-state index contributed by atoms with van der Waals surface area (Å²) >= 11 is 6.28. The molecule has 0 spiro atoms. The van der Waals surface area contributed by atoms with Crippen molar-refractivity contribution in [2.24, 2.45) is 0 Å². The first-order valence-electron chi connectivity index (χ1n) is 9.77. The minimum absolute atomic E-state index is 0.110. The quantitative estimate of drug-likeness (QED) is 0.636. The van der Waals surface area contributed by atoms with Crippen molar-refractivity contribution in [1.82, 2.24) is 15.1 Å². The summed E-state index contributed by atoms with van der Waals surface area (Å²) in [5, 5.41) is 8.92. The number of piperazine rings is 1. The molecular weight excluding hydrogens is 388 g/mol. The molecule has 1 fully saturated rings. The van der Waals surface area contributed by atoms with Gasteiger partial charge < -0.3 is 14.2 Å². The van der Waals surface area contributed by atoms with E-state index in [-0.39, 0.29) is 5.91 Å². The molecule has 1 saturated heterocycles. The maximum atomic E-state index is 12.6. The lowest BCUT2D eigenvalue weighted by molar-refractivity contribution is -0.131. The highest BCUT2D eigenvalue weighted by atomic mass is 35.5. The number of carbonyl (C=O) groups excluding carboxylic acids is 1. The van der Waals surface area contributed by atoms with Gasteiger partial charge in [-0.25, -0.2) is 0 Å². The summed E-state index contributed by atoms with van der Waals surface area (Å²) in [5.74, 6) is 1.09. The Morgan fingerprint density at radius 1 is 1.03 bits per heavy atom. The van der Waals surface area contributed by atoms with Crippen LogP contribution in [0.25, 0.3) is 11.5 Å². The number of carbonyl (C=O) groups is 1. The van der Waals surface area contributed by atoms with Crippen LogP contribution in [0.2, 0.25) is 5.02 Å². The second-order valence-corrected chi connectivity index (χ2v) is 7.59. The van der Waals surface area contributed by atoms with Gasteiger partial charge in [-0.1, -0.05) is 41.4 Å². The lowest BCUT2D eigenvalue weighted by Gasteiger charge is -2.36. The van der Waals surface area contributed by atoms with Gasteiger partial charge in [-0.2, -0.15) is 0 Å². The zero-order valence-corrected chi connectivity index (χ0v) is 17.1. The van der Waals surface area contributed by atoms with Gasteiger partial charge in [-0.05, 0) is 31.2 Å². The normalized spacial score (nSPS) is 14.3. The maximum Gasteiger partial charge on any atom is 0.247 e. The van der Waals surface area contributed by atoms with Gasteiger partial charge in [0.1, 0.15) is 0 Å². The third kappa shape index (κ3) is 4.59. The molecule has 1 aliphatic heterocycles. The van der Waals surface area contributed by atoms with E-state index in [2.05, 4.69) is 15.1 Å². The number of hydrogen-bond acceptors (Lipinski definition) is 5. The van der Waals surface area contributed by atoms with Crippen molar-refractivity contribution in [3.63, 3.8) is 0 Å². The number of halogens is 1. The van der Waals surface area contributed by atoms with E-state index in [1.165, 1.54) is 5.56 Å². The van der Waals surface area contributed by atoms with Gasteiger partial charge in [-0.3, -0.25) is 4.79 Å². The number of para-hydroxylation sites is 1. The van der Waals surface area contributed by atoms with Crippen LogP contribution in [0.5, 0.6) is 0 Å². The Hall–Kier alpha value is -2.86. The summed E-state index contributed by atoms with van der Waals surface area (Å²) in [4.78, 5) is 16.7. The van der Waals surface area contributed by atoms with Crippen LogP contribution in [-0.4, -0.2) is 47.2 Å². The second-order valence-electron chi connectivity index (χ2n) is 7.19. The van der Waals surface area contributed by atoms with E-state index in [0.717, 1.165) is 29.4 Å². The van der Waals surface area contributed by atoms with Gasteiger partial charge in [0.2, 0.25) is 17.7 Å². The van der Waals surface area contributed by atoms with E-state index < -0.39 is 0 Å². The Kier molecular flexibility index (Phi) is 5.81. The molecule has 4 rings (SSSR count). The number of anilines is 1. The number of hydrogen-bond donors (Lipinski definition) is 0. The molecule has 6 nitrogen and oxygen atoms in total. The smallest absolute Gasteiger partial charge is 0.247 e. The molecule has 1 amide bonds. The fourth-order valence-corrected chi connectivity index (χ4v) is 3.70. The van der Waals surface area contributed by atoms with Crippen LogP contribution in [-0.2, 0) is 11.2 Å². The van der Waals surface area contributed by atoms with Gasteiger partial charge in [0, 0.05) is 44.6 Å². The van der Waals surface area contributed by atoms with Crippen LogP contribution in [0.1, 0.15) is 17.9 Å². The second kappa shape index (κ2) is 8.66. The number of benzene rings is 2. The molecule has 2 heterocycles. The van der Waals surface area contributed by atoms with E-state index in [4.69, 9.17) is 16.0 Å². The molecule has 1 aromatic heterocycles. The Morgan fingerprint density at radius 2 is 1.76 bits per heavy atom. The average Bonchev–Trinajstić information content (AvgIpc) is 3.22. The molecule has 0 saturated carbocycles. The third-order valence-corrected chi connectivity index (χ3v) is 5.46. The molecule has 0 aliphatic carbocycles. The molecule has 0 atom stereocenters. The first-order valence-corrected chi connectivity index (χ1v) is 10.1. The van der Waals surface area contributed by atoms with Gasteiger partial charge in [0.05, 0.1) is 10.7 Å². The van der Waals surface area contributed by atoms with Gasteiger partial charge in [0.15, 0.2) is 0 Å². The minimum Gasteiger partial charge on any atom is -0.421 e. The highest BCUT2D eigenvalue weighted by Crippen LogP contribution is 2.26. The number of nitrogens with zero attached hydrogens (tertiary/aromatic N) is 4. The topological polar surface area (TPSA) is 62.5 Å². The maximum absolute atomic E-state index is 12.6. The lowest BCUT2D eigenvalue weighted by Crippen LogP contribution is -2.48. The molecular formula is C22H23ClN4O2. The first-order chi connectivity index (χ1) is 14.1. The van der Waals surface area contributed by atoms with Crippen molar-refractivity contribution in [2.45, 2.75) is 19.8 Å². The van der Waals surface area contributed by atoms with E-state index >= 15 is 0 Å². The van der Waals surface area contributed by atoms with Crippen molar-refractivity contribution < 1.29 is 9.21 Å². The Balaban J connectivity index is 1.29. The van der Waals surface area contributed by atoms with Crippen LogP contribution >= 0.6 is 11.6 Å². The van der Waals surface area contributed by atoms with Crippen LogP contribution < -0.4 is 4.90 Å². The van der Waals surface area contributed by atoms with Gasteiger partial charge >= 0.3 is 0 Å². The van der Waals surface area contributed by atoms with Gasteiger partial charge in [0.25, 0.3) is 0 Å². The molecule has 7 heteroatoms.